The van der Waals surface area contributed by atoms with Gasteiger partial charge in [-0.15, -0.1) is 11.8 Å². The SMILES string of the molecule is Cc1ccc(SCCN2CCOC(C(C)N)C2)cc1. The fourth-order valence-electron chi connectivity index (χ4n) is 2.18. The second-order valence-corrected chi connectivity index (χ2v) is 6.40. The van der Waals surface area contributed by atoms with Gasteiger partial charge in [-0.25, -0.2) is 0 Å². The largest absolute Gasteiger partial charge is 0.374 e. The molecule has 1 aliphatic heterocycles. The fraction of sp³-hybridized carbons (Fsp3) is 0.600. The quantitative estimate of drug-likeness (QED) is 0.839. The van der Waals surface area contributed by atoms with Crippen LogP contribution < -0.4 is 5.73 Å². The first-order chi connectivity index (χ1) is 9.15. The number of benzene rings is 1. The minimum Gasteiger partial charge on any atom is -0.374 e. The highest BCUT2D eigenvalue weighted by molar-refractivity contribution is 7.99. The Hall–Kier alpha value is -0.550. The molecule has 2 rings (SSSR count). The molecule has 1 aromatic carbocycles. The minimum atomic E-state index is 0.118. The molecule has 1 aromatic rings. The van der Waals surface area contributed by atoms with E-state index in [1.165, 1.54) is 10.5 Å². The van der Waals surface area contributed by atoms with E-state index in [4.69, 9.17) is 10.5 Å². The maximum atomic E-state index is 5.91. The zero-order valence-electron chi connectivity index (χ0n) is 11.8. The summed E-state index contributed by atoms with van der Waals surface area (Å²) < 4.78 is 5.67. The molecule has 4 heteroatoms. The Morgan fingerprint density at radius 3 is 2.84 bits per heavy atom. The van der Waals surface area contributed by atoms with E-state index in [1.54, 1.807) is 0 Å². The molecule has 2 unspecified atom stereocenters. The van der Waals surface area contributed by atoms with Gasteiger partial charge in [-0.2, -0.15) is 0 Å². The summed E-state index contributed by atoms with van der Waals surface area (Å²) in [4.78, 5) is 3.81. The molecule has 1 fully saturated rings. The summed E-state index contributed by atoms with van der Waals surface area (Å²) >= 11 is 1.92. The number of ether oxygens (including phenoxy) is 1. The molecule has 1 aliphatic rings. The molecule has 2 atom stereocenters. The third-order valence-electron chi connectivity index (χ3n) is 3.46. The van der Waals surface area contributed by atoms with Crippen LogP contribution in [0.1, 0.15) is 12.5 Å². The molecule has 2 N–H and O–H groups in total. The van der Waals surface area contributed by atoms with Crippen molar-refractivity contribution in [1.82, 2.24) is 4.90 Å². The average molecular weight is 280 g/mol. The predicted octanol–water partition coefficient (Wildman–Crippen LogP) is 2.14. The standard InChI is InChI=1S/C15H24N2OS/c1-12-3-5-14(6-4-12)19-10-8-17-7-9-18-15(11-17)13(2)16/h3-6,13,15H,7-11,16H2,1-2H3. The first-order valence-electron chi connectivity index (χ1n) is 6.94. The van der Waals surface area contributed by atoms with Crippen molar-refractivity contribution in [2.45, 2.75) is 30.9 Å². The van der Waals surface area contributed by atoms with Gasteiger partial charge in [-0.05, 0) is 26.0 Å². The lowest BCUT2D eigenvalue weighted by atomic mass is 10.1. The van der Waals surface area contributed by atoms with Crippen LogP contribution in [0.15, 0.2) is 29.2 Å². The van der Waals surface area contributed by atoms with Crippen LogP contribution in [-0.2, 0) is 4.74 Å². The smallest absolute Gasteiger partial charge is 0.0850 e. The zero-order valence-corrected chi connectivity index (χ0v) is 12.7. The number of morpholine rings is 1. The summed E-state index contributed by atoms with van der Waals surface area (Å²) in [5, 5.41) is 0. The van der Waals surface area contributed by atoms with E-state index in [-0.39, 0.29) is 12.1 Å². The lowest BCUT2D eigenvalue weighted by molar-refractivity contribution is -0.0355. The molecule has 0 aliphatic carbocycles. The van der Waals surface area contributed by atoms with Gasteiger partial charge in [-0.1, -0.05) is 17.7 Å². The van der Waals surface area contributed by atoms with Crippen molar-refractivity contribution >= 4 is 11.8 Å². The van der Waals surface area contributed by atoms with E-state index in [0.717, 1.165) is 32.0 Å². The minimum absolute atomic E-state index is 0.118. The van der Waals surface area contributed by atoms with Crippen LogP contribution in [0.2, 0.25) is 0 Å². The van der Waals surface area contributed by atoms with Crippen LogP contribution in [0.4, 0.5) is 0 Å². The molecule has 106 valence electrons. The molecule has 0 amide bonds. The lowest BCUT2D eigenvalue weighted by Gasteiger charge is -2.34. The highest BCUT2D eigenvalue weighted by Gasteiger charge is 2.22. The Bertz CT molecular complexity index is 380. The number of hydrogen-bond donors (Lipinski definition) is 1. The van der Waals surface area contributed by atoms with Crippen molar-refractivity contribution in [3.63, 3.8) is 0 Å². The molecular weight excluding hydrogens is 256 g/mol. The van der Waals surface area contributed by atoms with Gasteiger partial charge in [-0.3, -0.25) is 4.90 Å². The van der Waals surface area contributed by atoms with Gasteiger partial charge in [0.05, 0.1) is 12.7 Å². The first-order valence-corrected chi connectivity index (χ1v) is 7.93. The molecule has 1 saturated heterocycles. The van der Waals surface area contributed by atoms with Crippen molar-refractivity contribution in [2.75, 3.05) is 32.0 Å². The summed E-state index contributed by atoms with van der Waals surface area (Å²) in [6.07, 6.45) is 0.193. The van der Waals surface area contributed by atoms with E-state index in [2.05, 4.69) is 36.1 Å². The van der Waals surface area contributed by atoms with Gasteiger partial charge in [0.2, 0.25) is 0 Å². The second-order valence-electron chi connectivity index (χ2n) is 5.23. The Labute approximate surface area is 120 Å². The van der Waals surface area contributed by atoms with Crippen LogP contribution >= 0.6 is 11.8 Å². The first kappa shape index (κ1) is 14.9. The molecule has 0 bridgehead atoms. The maximum absolute atomic E-state index is 5.91. The number of hydrogen-bond acceptors (Lipinski definition) is 4. The topological polar surface area (TPSA) is 38.5 Å². The van der Waals surface area contributed by atoms with Crippen LogP contribution in [0.25, 0.3) is 0 Å². The monoisotopic (exact) mass is 280 g/mol. The van der Waals surface area contributed by atoms with E-state index >= 15 is 0 Å². The number of aryl methyl sites for hydroxylation is 1. The summed E-state index contributed by atoms with van der Waals surface area (Å²) in [5.41, 5.74) is 7.22. The van der Waals surface area contributed by atoms with Gasteiger partial charge in [0.1, 0.15) is 0 Å². The van der Waals surface area contributed by atoms with Crippen LogP contribution in [0.3, 0.4) is 0 Å². The Morgan fingerprint density at radius 2 is 2.16 bits per heavy atom. The number of rotatable bonds is 5. The van der Waals surface area contributed by atoms with Crippen molar-refractivity contribution in [3.8, 4) is 0 Å². The molecule has 0 spiro atoms. The van der Waals surface area contributed by atoms with E-state index in [9.17, 15) is 0 Å². The van der Waals surface area contributed by atoms with Gasteiger partial charge >= 0.3 is 0 Å². The van der Waals surface area contributed by atoms with Crippen molar-refractivity contribution in [2.24, 2.45) is 5.73 Å². The third kappa shape index (κ3) is 4.80. The Kier molecular flexibility index (Phi) is 5.70. The van der Waals surface area contributed by atoms with Gasteiger partial charge in [0.15, 0.2) is 0 Å². The maximum Gasteiger partial charge on any atom is 0.0850 e. The average Bonchev–Trinajstić information content (AvgIpc) is 2.41. The van der Waals surface area contributed by atoms with Gasteiger partial charge < -0.3 is 10.5 Å². The number of nitrogens with zero attached hydrogens (tertiary/aromatic N) is 1. The fourth-order valence-corrected chi connectivity index (χ4v) is 3.09. The van der Waals surface area contributed by atoms with Crippen LogP contribution in [0.5, 0.6) is 0 Å². The van der Waals surface area contributed by atoms with E-state index in [1.807, 2.05) is 18.7 Å². The molecule has 19 heavy (non-hydrogen) atoms. The summed E-state index contributed by atoms with van der Waals surface area (Å²) in [6.45, 7) is 8.04. The van der Waals surface area contributed by atoms with Gasteiger partial charge in [0.25, 0.3) is 0 Å². The molecular formula is C15H24N2OS. The van der Waals surface area contributed by atoms with Crippen molar-refractivity contribution in [1.29, 1.82) is 0 Å². The molecule has 0 aromatic heterocycles. The van der Waals surface area contributed by atoms with Crippen LogP contribution in [-0.4, -0.2) is 49.0 Å². The molecule has 0 saturated carbocycles. The molecule has 3 nitrogen and oxygen atoms in total. The molecule has 0 radical (unpaired) electrons. The Balaban J connectivity index is 1.72. The number of thioether (sulfide) groups is 1. The van der Waals surface area contributed by atoms with Crippen molar-refractivity contribution < 1.29 is 4.74 Å². The van der Waals surface area contributed by atoms with Gasteiger partial charge in [0, 0.05) is 36.3 Å². The third-order valence-corrected chi connectivity index (χ3v) is 4.45. The van der Waals surface area contributed by atoms with Crippen LogP contribution in [0, 0.1) is 6.92 Å². The van der Waals surface area contributed by atoms with E-state index in [0.29, 0.717) is 0 Å². The zero-order chi connectivity index (χ0) is 13.7. The summed E-state index contributed by atoms with van der Waals surface area (Å²) in [7, 11) is 0. The lowest BCUT2D eigenvalue weighted by Crippen LogP contribution is -2.49. The normalized spacial score (nSPS) is 22.4. The second kappa shape index (κ2) is 7.29. The van der Waals surface area contributed by atoms with E-state index < -0.39 is 0 Å². The highest BCUT2D eigenvalue weighted by Crippen LogP contribution is 2.18. The summed E-state index contributed by atoms with van der Waals surface area (Å²) in [5.74, 6) is 1.12. The highest BCUT2D eigenvalue weighted by atomic mass is 32.2. The predicted molar refractivity (Wildman–Crippen MR) is 81.7 cm³/mol. The number of nitrogens with two attached hydrogens (primary N) is 1. The molecule has 1 heterocycles. The van der Waals surface area contributed by atoms with Crippen molar-refractivity contribution in [3.05, 3.63) is 29.8 Å². The summed E-state index contributed by atoms with van der Waals surface area (Å²) in [6, 6.07) is 8.85. The Morgan fingerprint density at radius 1 is 1.42 bits per heavy atom.